The van der Waals surface area contributed by atoms with Gasteiger partial charge in [0, 0.05) is 49.4 Å². The number of hydrogen-bond donors (Lipinski definition) is 2. The Morgan fingerprint density at radius 1 is 1.05 bits per heavy atom. The molecular formula is C41H49F2N9O3S. The Morgan fingerprint density at radius 3 is 2.62 bits per heavy atom. The van der Waals surface area contributed by atoms with Crippen LogP contribution in [0.5, 0.6) is 6.01 Å². The number of thiazole rings is 1. The third-order valence-corrected chi connectivity index (χ3v) is 15.3. The van der Waals surface area contributed by atoms with E-state index in [0.717, 1.165) is 81.2 Å². The highest BCUT2D eigenvalue weighted by atomic mass is 32.1. The van der Waals surface area contributed by atoms with E-state index in [0.29, 0.717) is 55.9 Å². The number of aromatic nitrogens is 4. The molecule has 4 aromatic rings. The van der Waals surface area contributed by atoms with E-state index in [1.165, 1.54) is 42.5 Å². The molecule has 1 spiro atoms. The van der Waals surface area contributed by atoms with Crippen LogP contribution in [0.25, 0.3) is 32.4 Å². The fraction of sp³-hybridized carbons (Fsp3) is 0.634. The van der Waals surface area contributed by atoms with Crippen molar-refractivity contribution in [2.24, 2.45) is 11.8 Å². The number of piperidine rings is 1. The Morgan fingerprint density at radius 2 is 1.89 bits per heavy atom. The number of anilines is 2. The maximum absolute atomic E-state index is 17.4. The Labute approximate surface area is 327 Å². The van der Waals surface area contributed by atoms with Crippen molar-refractivity contribution in [3.63, 3.8) is 0 Å². The summed E-state index contributed by atoms with van der Waals surface area (Å²) in [7, 11) is 0. The highest BCUT2D eigenvalue weighted by molar-refractivity contribution is 7.22. The number of nitrogens with zero attached hydrogens (tertiary/aromatic N) is 7. The van der Waals surface area contributed by atoms with E-state index in [-0.39, 0.29) is 61.1 Å². The maximum Gasteiger partial charge on any atom is 0.319 e. The van der Waals surface area contributed by atoms with Gasteiger partial charge in [-0.15, -0.1) is 0 Å². The fourth-order valence-corrected chi connectivity index (χ4v) is 11.9. The van der Waals surface area contributed by atoms with Crippen LogP contribution in [0.15, 0.2) is 16.9 Å². The second-order valence-corrected chi connectivity index (χ2v) is 18.9. The molecule has 3 aliphatic carbocycles. The molecule has 296 valence electrons. The quantitative estimate of drug-likeness (QED) is 0.162. The highest BCUT2D eigenvalue weighted by Gasteiger charge is 2.61. The van der Waals surface area contributed by atoms with Gasteiger partial charge in [0.1, 0.15) is 29.1 Å². The first-order chi connectivity index (χ1) is 27.2. The maximum atomic E-state index is 17.4. The Balaban J connectivity index is 0.000000549. The predicted molar refractivity (Wildman–Crippen MR) is 211 cm³/mol. The minimum atomic E-state index is -0.697. The molecule has 56 heavy (non-hydrogen) atoms. The summed E-state index contributed by atoms with van der Waals surface area (Å²) in [4.78, 5) is 47.8. The molecule has 5 aliphatic heterocycles. The molecule has 0 radical (unpaired) electrons. The lowest BCUT2D eigenvalue weighted by molar-refractivity contribution is -0.123. The van der Waals surface area contributed by atoms with Gasteiger partial charge in [0.25, 0.3) is 5.56 Å². The van der Waals surface area contributed by atoms with Crippen molar-refractivity contribution in [3.8, 4) is 17.3 Å². The molecule has 8 aliphatic rings. The van der Waals surface area contributed by atoms with E-state index in [4.69, 9.17) is 15.5 Å². The Hall–Kier alpha value is -3.95. The van der Waals surface area contributed by atoms with E-state index in [9.17, 15) is 14.0 Å². The van der Waals surface area contributed by atoms with Crippen LogP contribution in [0.1, 0.15) is 90.0 Å². The summed E-state index contributed by atoms with van der Waals surface area (Å²) in [5.74, 6) is 0.951. The number of nitrogens with one attached hydrogen (secondary N) is 1. The zero-order valence-corrected chi connectivity index (χ0v) is 32.6. The molecule has 3 saturated carbocycles. The number of carbonyl (C=O) groups excluding carboxylic acids is 1. The van der Waals surface area contributed by atoms with E-state index in [2.05, 4.69) is 27.1 Å². The summed E-state index contributed by atoms with van der Waals surface area (Å²) in [6, 6.07) is 4.31. The minimum absolute atomic E-state index is 0.0268. The average molecular weight is 786 g/mol. The third kappa shape index (κ3) is 5.57. The number of nitrogen functional groups attached to an aromatic ring is 1. The number of hydrogen-bond acceptors (Lipinski definition) is 11. The first kappa shape index (κ1) is 35.2. The molecule has 6 unspecified atom stereocenters. The van der Waals surface area contributed by atoms with Gasteiger partial charge in [-0.3, -0.25) is 14.5 Å². The van der Waals surface area contributed by atoms with Gasteiger partial charge in [-0.1, -0.05) is 18.3 Å². The number of ether oxygens (including phenoxy) is 1. The van der Waals surface area contributed by atoms with E-state index in [1.54, 1.807) is 0 Å². The topological polar surface area (TPSA) is 145 Å². The molecule has 3 N–H and O–H groups in total. The SMILES string of the molecule is C1CC1C1CN1.CCC1CCC2(CCN(c3nc(OCC45CCCN4C4CC4C5)nc4c(F)c(-c5ccc(F)c6sc(N)nc56)n(C5CC5)c(=O)c34)C2)N1C=O. The van der Waals surface area contributed by atoms with Crippen molar-refractivity contribution in [2.75, 3.05) is 43.4 Å². The van der Waals surface area contributed by atoms with Gasteiger partial charge in [-0.2, -0.15) is 9.97 Å². The summed E-state index contributed by atoms with van der Waals surface area (Å²) in [6.45, 7) is 5.90. The van der Waals surface area contributed by atoms with Crippen LogP contribution < -0.4 is 26.2 Å². The van der Waals surface area contributed by atoms with Crippen LogP contribution in [0, 0.1) is 23.5 Å². The third-order valence-electron chi connectivity index (χ3n) is 14.4. The lowest BCUT2D eigenvalue weighted by atomic mass is 9.93. The summed E-state index contributed by atoms with van der Waals surface area (Å²) < 4.78 is 40.6. The van der Waals surface area contributed by atoms with Gasteiger partial charge < -0.3 is 30.2 Å². The molecule has 15 heteroatoms. The van der Waals surface area contributed by atoms with Crippen molar-refractivity contribution < 1.29 is 18.3 Å². The zero-order valence-electron chi connectivity index (χ0n) is 31.8. The number of halogens is 2. The molecule has 1 amide bonds. The summed E-state index contributed by atoms with van der Waals surface area (Å²) in [5, 5.41) is 3.55. The number of likely N-dealkylation sites (tertiary alicyclic amines) is 1. The van der Waals surface area contributed by atoms with E-state index < -0.39 is 17.2 Å². The van der Waals surface area contributed by atoms with Crippen LogP contribution in [-0.4, -0.2) is 97.7 Å². The van der Waals surface area contributed by atoms with Gasteiger partial charge in [0.05, 0.1) is 27.0 Å². The second kappa shape index (κ2) is 12.8. The molecule has 0 bridgehead atoms. The van der Waals surface area contributed by atoms with Crippen molar-refractivity contribution >= 4 is 49.8 Å². The minimum Gasteiger partial charge on any atom is -0.461 e. The normalized spacial score (nSPS) is 31.6. The molecule has 1 aromatic carbocycles. The van der Waals surface area contributed by atoms with Gasteiger partial charge in [0.2, 0.25) is 6.41 Å². The lowest BCUT2D eigenvalue weighted by Gasteiger charge is -2.35. The predicted octanol–water partition coefficient (Wildman–Crippen LogP) is 5.62. The number of rotatable bonds is 9. The molecule has 12 rings (SSSR count). The first-order valence-electron chi connectivity index (χ1n) is 20.8. The van der Waals surface area contributed by atoms with Gasteiger partial charge in [0.15, 0.2) is 10.9 Å². The van der Waals surface area contributed by atoms with Crippen LogP contribution in [0.2, 0.25) is 0 Å². The van der Waals surface area contributed by atoms with Gasteiger partial charge >= 0.3 is 6.01 Å². The largest absolute Gasteiger partial charge is 0.461 e. The van der Waals surface area contributed by atoms with Crippen molar-refractivity contribution in [2.45, 2.75) is 119 Å². The zero-order chi connectivity index (χ0) is 38.1. The smallest absolute Gasteiger partial charge is 0.319 e. The number of amides is 1. The standard InChI is InChI=1S/C36H40F2N8O3S.C5H9N/c1-2-20-8-10-35(45(20)18-47)11-13-43(16-35)31-25-28(41-34(42-31)49-17-36-9-3-12-44(36)24-14-19(24)15-36)26(38)29(46(32(25)48)21-4-5-21)22-6-7-23(37)30-27(22)40-33(39)50-30;1-2-4(1)5-3-6-5/h6-7,18-21,24H,2-5,8-17H2,1H3,(H2,39,40);4-6H,1-3H2. The Kier molecular flexibility index (Phi) is 8.04. The molecule has 8 fully saturated rings. The first-order valence-corrected chi connectivity index (χ1v) is 21.6. The van der Waals surface area contributed by atoms with Crippen molar-refractivity contribution in [1.29, 1.82) is 0 Å². The van der Waals surface area contributed by atoms with Gasteiger partial charge in [-0.05, 0) is 108 Å². The Bertz CT molecular complexity index is 2320. The molecular weight excluding hydrogens is 737 g/mol. The van der Waals surface area contributed by atoms with Crippen LogP contribution >= 0.6 is 11.3 Å². The molecule has 5 saturated heterocycles. The number of fused-ring (bicyclic) bond motifs is 5. The number of pyridine rings is 1. The van der Waals surface area contributed by atoms with E-state index >= 15 is 4.39 Å². The molecule has 8 heterocycles. The lowest BCUT2D eigenvalue weighted by Crippen LogP contribution is -2.48. The number of benzene rings is 1. The number of nitrogens with two attached hydrogens (primary N) is 1. The fourth-order valence-electron chi connectivity index (χ4n) is 11.1. The molecule has 3 aromatic heterocycles. The number of carbonyl (C=O) groups is 1. The second-order valence-electron chi connectivity index (χ2n) is 17.9. The summed E-state index contributed by atoms with van der Waals surface area (Å²) >= 11 is 0.991. The highest BCUT2D eigenvalue weighted by Crippen LogP contribution is 2.57. The summed E-state index contributed by atoms with van der Waals surface area (Å²) in [5.41, 5.74) is 5.57. The molecule has 12 nitrogen and oxygen atoms in total. The average Bonchev–Trinajstić information content (AvgIpc) is 4.08. The van der Waals surface area contributed by atoms with E-state index in [1.807, 2.05) is 9.80 Å². The van der Waals surface area contributed by atoms with Crippen LogP contribution in [0.3, 0.4) is 0 Å². The monoisotopic (exact) mass is 785 g/mol. The van der Waals surface area contributed by atoms with Gasteiger partial charge in [-0.25, -0.2) is 13.8 Å². The van der Waals surface area contributed by atoms with Crippen LogP contribution in [0.4, 0.5) is 19.7 Å². The summed E-state index contributed by atoms with van der Waals surface area (Å²) in [6.07, 6.45) is 13.2. The van der Waals surface area contributed by atoms with Crippen molar-refractivity contribution in [1.82, 2.24) is 34.6 Å². The van der Waals surface area contributed by atoms with Crippen molar-refractivity contribution in [3.05, 3.63) is 34.1 Å². The molecule has 6 atom stereocenters. The van der Waals surface area contributed by atoms with Crippen LogP contribution in [-0.2, 0) is 4.79 Å².